The maximum Gasteiger partial charge on any atom is 0.252 e. The van der Waals surface area contributed by atoms with E-state index in [0.29, 0.717) is 0 Å². The summed E-state index contributed by atoms with van der Waals surface area (Å²) >= 11 is 0. The van der Waals surface area contributed by atoms with E-state index in [-0.39, 0.29) is 13.4 Å². The Balaban J connectivity index is 0.838. The van der Waals surface area contributed by atoms with Crippen LogP contribution in [0.15, 0.2) is 255 Å². The summed E-state index contributed by atoms with van der Waals surface area (Å²) in [7, 11) is 0. The molecular weight excluding hydrogens is 1040 g/mol. The predicted octanol–water partition coefficient (Wildman–Crippen LogP) is 14.6. The lowest BCUT2D eigenvalue weighted by atomic mass is 9.31. The number of nitrogens with zero attached hydrogens (tertiary/aromatic N) is 6. The Morgan fingerprint density at radius 3 is 0.860 bits per heavy atom. The molecule has 6 nitrogen and oxygen atoms in total. The quantitative estimate of drug-likeness (QED) is 0.154. The van der Waals surface area contributed by atoms with Crippen LogP contribution >= 0.6 is 0 Å². The molecule has 390 valence electrons. The molecule has 0 atom stereocenters. The van der Waals surface area contributed by atoms with Crippen molar-refractivity contribution in [2.24, 2.45) is 0 Å². The number of hydrogen-bond acceptors (Lipinski definition) is 0. The van der Waals surface area contributed by atoms with Gasteiger partial charge >= 0.3 is 0 Å². The molecule has 0 N–H and O–H groups in total. The molecule has 0 saturated carbocycles. The molecule has 86 heavy (non-hydrogen) atoms. The summed E-state index contributed by atoms with van der Waals surface area (Å²) in [5, 5.41) is 15.4. The van der Waals surface area contributed by atoms with Crippen LogP contribution in [0.25, 0.3) is 165 Å². The lowest BCUT2D eigenvalue weighted by molar-refractivity contribution is 1.14. The zero-order valence-electron chi connectivity index (χ0n) is 46.1. The second kappa shape index (κ2) is 14.8. The summed E-state index contributed by atoms with van der Waals surface area (Å²) in [6.07, 6.45) is 0. The number of benzene rings is 13. The maximum absolute atomic E-state index is 2.69. The Morgan fingerprint density at radius 1 is 0.186 bits per heavy atom. The first-order chi connectivity index (χ1) is 42.7. The van der Waals surface area contributed by atoms with Gasteiger partial charge in [-0.15, -0.1) is 0 Å². The Morgan fingerprint density at radius 2 is 0.477 bits per heavy atom. The van der Waals surface area contributed by atoms with Crippen molar-refractivity contribution >= 4 is 177 Å². The summed E-state index contributed by atoms with van der Waals surface area (Å²) < 4.78 is 15.5. The van der Waals surface area contributed by atoms with Gasteiger partial charge in [-0.2, -0.15) is 0 Å². The average Bonchev–Trinajstić information content (AvgIpc) is 1.48. The lowest BCUT2D eigenvalue weighted by Crippen LogP contribution is -2.63. The van der Waals surface area contributed by atoms with E-state index >= 15 is 0 Å². The highest BCUT2D eigenvalue weighted by Crippen LogP contribution is 2.47. The third kappa shape index (κ3) is 4.83. The van der Waals surface area contributed by atoms with Crippen molar-refractivity contribution in [2.75, 3.05) is 0 Å². The molecule has 13 aromatic carbocycles. The molecule has 0 amide bonds. The normalized spacial score (nSPS) is 13.5. The standard InChI is InChI=1S/C78H42B2N6/c1-9-25-61-45(17-1)46-18-2-10-26-62(46)81(61)43-33-35-67-51(37-43)55-39-53-49-21-5-13-29-65(49)85-71-42-72-60(41-59(71)79-57-23-7-15-31-69(57)83(67)77(55)73(79)75(53)85)80-58-24-8-16-32-70(58)84-68-36-34-44(82-63-27-11-3-19-47(63)48-20-4-12-28-64(48)82)38-52(68)56-40-54-50-22-6-14-30-66(50)86(72)76(54)74(80)78(56)84/h1-42H. The van der Waals surface area contributed by atoms with Gasteiger partial charge in [0.05, 0.1) is 66.2 Å². The van der Waals surface area contributed by atoms with Gasteiger partial charge in [-0.3, -0.25) is 0 Å². The van der Waals surface area contributed by atoms with Crippen molar-refractivity contribution in [3.8, 4) is 34.1 Å². The fraction of sp³-hybridized carbons (Fsp3) is 0. The molecule has 0 unspecified atom stereocenters. The van der Waals surface area contributed by atoms with Gasteiger partial charge in [0.1, 0.15) is 0 Å². The first-order valence-electron chi connectivity index (χ1n) is 30.2. The third-order valence-electron chi connectivity index (χ3n) is 20.9. The van der Waals surface area contributed by atoms with Crippen LogP contribution in [-0.2, 0) is 0 Å². The van der Waals surface area contributed by atoms with E-state index in [0.717, 1.165) is 0 Å². The molecule has 0 fully saturated rings. The molecule has 8 heteroatoms. The Bertz CT molecular complexity index is 6000. The van der Waals surface area contributed by atoms with Crippen LogP contribution in [0, 0.1) is 0 Å². The molecule has 10 heterocycles. The van der Waals surface area contributed by atoms with Crippen molar-refractivity contribution in [3.05, 3.63) is 255 Å². The fourth-order valence-electron chi connectivity index (χ4n) is 17.8. The van der Waals surface area contributed by atoms with Crippen molar-refractivity contribution in [3.63, 3.8) is 0 Å². The monoisotopic (exact) mass is 1080 g/mol. The van der Waals surface area contributed by atoms with Gasteiger partial charge in [-0.05, 0) is 136 Å². The fourth-order valence-corrected chi connectivity index (χ4v) is 17.8. The van der Waals surface area contributed by atoms with Crippen molar-refractivity contribution in [1.82, 2.24) is 27.4 Å². The largest absolute Gasteiger partial charge is 0.310 e. The van der Waals surface area contributed by atoms with Crippen molar-refractivity contribution in [1.29, 1.82) is 0 Å². The summed E-state index contributed by atoms with van der Waals surface area (Å²) in [5.41, 5.74) is 30.6. The summed E-state index contributed by atoms with van der Waals surface area (Å²) in [6, 6.07) is 97.3. The highest BCUT2D eigenvalue weighted by molar-refractivity contribution is 7.03. The van der Waals surface area contributed by atoms with Crippen LogP contribution in [-0.4, -0.2) is 40.8 Å². The van der Waals surface area contributed by atoms with Crippen LogP contribution in [0.4, 0.5) is 0 Å². The van der Waals surface area contributed by atoms with Gasteiger partial charge in [0.25, 0.3) is 13.4 Å². The van der Waals surface area contributed by atoms with Crippen LogP contribution < -0.4 is 32.8 Å². The van der Waals surface area contributed by atoms with Gasteiger partial charge < -0.3 is 27.4 Å². The van der Waals surface area contributed by atoms with E-state index < -0.39 is 0 Å². The topological polar surface area (TPSA) is 29.6 Å². The molecule has 23 rings (SSSR count). The van der Waals surface area contributed by atoms with Crippen LogP contribution in [0.2, 0.25) is 0 Å². The van der Waals surface area contributed by atoms with E-state index in [1.807, 2.05) is 0 Å². The number of aromatic nitrogens is 6. The number of rotatable bonds is 2. The second-order valence-corrected chi connectivity index (χ2v) is 24.6. The van der Waals surface area contributed by atoms with E-state index in [9.17, 15) is 0 Å². The van der Waals surface area contributed by atoms with Crippen LogP contribution in [0.1, 0.15) is 0 Å². The maximum atomic E-state index is 2.69. The van der Waals surface area contributed by atoms with Crippen molar-refractivity contribution < 1.29 is 0 Å². The lowest BCUT2D eigenvalue weighted by Gasteiger charge is -2.37. The minimum absolute atomic E-state index is 0.0358. The van der Waals surface area contributed by atoms with E-state index in [4.69, 9.17) is 0 Å². The van der Waals surface area contributed by atoms with E-state index in [1.54, 1.807) is 0 Å². The molecular formula is C78H42B2N6. The van der Waals surface area contributed by atoms with Gasteiger partial charge in [0.15, 0.2) is 0 Å². The summed E-state index contributed by atoms with van der Waals surface area (Å²) in [6.45, 7) is -0.0717. The van der Waals surface area contributed by atoms with Gasteiger partial charge in [0.2, 0.25) is 0 Å². The molecule has 0 radical (unpaired) electrons. The second-order valence-electron chi connectivity index (χ2n) is 24.6. The smallest absolute Gasteiger partial charge is 0.252 e. The molecule has 4 aliphatic heterocycles. The molecule has 4 aliphatic rings. The number of fused-ring (bicyclic) bond motifs is 30. The van der Waals surface area contributed by atoms with Gasteiger partial charge in [0, 0.05) is 98.8 Å². The number of hydrogen-bond donors (Lipinski definition) is 0. The molecule has 0 bridgehead atoms. The van der Waals surface area contributed by atoms with Crippen LogP contribution in [0.3, 0.4) is 0 Å². The molecule has 0 aliphatic carbocycles. The first-order valence-corrected chi connectivity index (χ1v) is 30.2. The minimum Gasteiger partial charge on any atom is -0.310 e. The average molecular weight is 1080 g/mol. The molecule has 19 aromatic rings. The Labute approximate surface area is 490 Å². The van der Waals surface area contributed by atoms with Crippen molar-refractivity contribution in [2.45, 2.75) is 0 Å². The highest BCUT2D eigenvalue weighted by atomic mass is 15.1. The number of para-hydroxylation sites is 8. The first kappa shape index (κ1) is 43.5. The molecule has 0 saturated heterocycles. The zero-order chi connectivity index (χ0) is 55.1. The van der Waals surface area contributed by atoms with E-state index in [1.165, 1.54) is 198 Å². The highest BCUT2D eigenvalue weighted by Gasteiger charge is 2.46. The van der Waals surface area contributed by atoms with Gasteiger partial charge in [-0.25, -0.2) is 0 Å². The van der Waals surface area contributed by atoms with Gasteiger partial charge in [-0.1, -0.05) is 152 Å². The zero-order valence-corrected chi connectivity index (χ0v) is 46.1. The SMILES string of the molecule is c1ccc2c(c1)B1c3cc4c(cc3-n3c5ccccc5c5cc6c7cc(-n8c9ccccc9c9ccccc98)ccc7n-2c6c1c53)-n1c2ccccc2c2cc3c5cc(-n6c7ccccc7c7ccccc76)ccc5n5c3c(c21)B4c1ccccc1-5. The summed E-state index contributed by atoms with van der Waals surface area (Å²) in [5.74, 6) is 0. The molecule has 0 spiro atoms. The summed E-state index contributed by atoms with van der Waals surface area (Å²) in [4.78, 5) is 0. The molecule has 6 aromatic heterocycles. The Kier molecular flexibility index (Phi) is 7.46. The third-order valence-corrected chi connectivity index (χ3v) is 20.9. The van der Waals surface area contributed by atoms with Crippen LogP contribution in [0.5, 0.6) is 0 Å². The predicted molar refractivity (Wildman–Crippen MR) is 362 cm³/mol. The Hall–Kier alpha value is -11.2. The minimum atomic E-state index is -0.0358. The van der Waals surface area contributed by atoms with E-state index in [2.05, 4.69) is 282 Å².